The maximum Gasteiger partial charge on any atom is 0.137 e. The topological polar surface area (TPSA) is 38.9 Å². The number of nitrogens with zero attached hydrogens (tertiary/aromatic N) is 1. The summed E-state index contributed by atoms with van der Waals surface area (Å²) >= 11 is 1.13. The van der Waals surface area contributed by atoms with Crippen LogP contribution in [-0.4, -0.2) is 11.0 Å². The maximum atomic E-state index is 13.6. The van der Waals surface area contributed by atoms with E-state index in [-0.39, 0.29) is 10.9 Å². The van der Waals surface area contributed by atoms with Gasteiger partial charge in [0.2, 0.25) is 0 Å². The molecule has 0 fully saturated rings. The number of benzene rings is 1. The third-order valence-corrected chi connectivity index (χ3v) is 3.90. The second-order valence-corrected chi connectivity index (χ2v) is 5.85. The summed E-state index contributed by atoms with van der Waals surface area (Å²) in [6.07, 6.45) is 2.48. The Balaban J connectivity index is 2.23. The highest BCUT2D eigenvalue weighted by molar-refractivity contribution is 7.99. The quantitative estimate of drug-likeness (QED) is 0.934. The van der Waals surface area contributed by atoms with Crippen LogP contribution >= 0.6 is 11.8 Å². The van der Waals surface area contributed by atoms with Crippen molar-refractivity contribution in [3.05, 3.63) is 53.2 Å². The summed E-state index contributed by atoms with van der Waals surface area (Å²) in [5.74, 6) is -0.905. The van der Waals surface area contributed by atoms with Gasteiger partial charge in [-0.25, -0.2) is 13.8 Å². The van der Waals surface area contributed by atoms with Crippen LogP contribution in [0.25, 0.3) is 0 Å². The van der Waals surface area contributed by atoms with E-state index < -0.39 is 11.6 Å². The second-order valence-electron chi connectivity index (χ2n) is 4.82. The minimum absolute atomic E-state index is 0.0652. The lowest BCUT2D eigenvalue weighted by atomic mass is 10.1. The maximum absolute atomic E-state index is 13.6. The summed E-state index contributed by atoms with van der Waals surface area (Å²) in [7, 11) is 0. The molecule has 0 aliphatic heterocycles. The Labute approximate surface area is 121 Å². The number of hydrogen-bond donors (Lipinski definition) is 1. The van der Waals surface area contributed by atoms with Gasteiger partial charge in [0.15, 0.2) is 0 Å². The molecule has 2 rings (SSSR count). The van der Waals surface area contributed by atoms with Crippen molar-refractivity contribution in [3.8, 4) is 0 Å². The lowest BCUT2D eigenvalue weighted by molar-refractivity contribution is 0.577. The molecule has 0 saturated carbocycles. The Bertz CT molecular complexity index is 615. The van der Waals surface area contributed by atoms with E-state index in [1.165, 1.54) is 6.07 Å². The molecule has 1 aromatic carbocycles. The summed E-state index contributed by atoms with van der Waals surface area (Å²) in [5, 5.41) is 0.669. The van der Waals surface area contributed by atoms with Gasteiger partial charge in [0, 0.05) is 12.2 Å². The third kappa shape index (κ3) is 3.77. The highest BCUT2D eigenvalue weighted by Gasteiger charge is 2.10. The summed E-state index contributed by atoms with van der Waals surface area (Å²) < 4.78 is 26.8. The predicted molar refractivity (Wildman–Crippen MR) is 76.8 cm³/mol. The number of halogens is 2. The predicted octanol–water partition coefficient (Wildman–Crippen LogP) is 3.71. The van der Waals surface area contributed by atoms with Gasteiger partial charge < -0.3 is 5.73 Å². The molecule has 0 bridgehead atoms. The van der Waals surface area contributed by atoms with Gasteiger partial charge in [0.05, 0.1) is 4.90 Å². The minimum atomic E-state index is -0.458. The van der Waals surface area contributed by atoms with Crippen LogP contribution in [0.5, 0.6) is 0 Å². The Morgan fingerprint density at radius 1 is 1.30 bits per heavy atom. The molecule has 106 valence electrons. The van der Waals surface area contributed by atoms with E-state index in [1.807, 2.05) is 19.9 Å². The smallest absolute Gasteiger partial charge is 0.137 e. The molecule has 1 unspecified atom stereocenters. The van der Waals surface area contributed by atoms with E-state index in [0.717, 1.165) is 41.4 Å². The highest BCUT2D eigenvalue weighted by Crippen LogP contribution is 2.31. The zero-order valence-electron chi connectivity index (χ0n) is 11.4. The fraction of sp³-hybridized carbons (Fsp3) is 0.267. The van der Waals surface area contributed by atoms with E-state index in [2.05, 4.69) is 4.98 Å². The minimum Gasteiger partial charge on any atom is -0.328 e. The van der Waals surface area contributed by atoms with Crippen molar-refractivity contribution >= 4 is 11.8 Å². The molecule has 0 radical (unpaired) electrons. The van der Waals surface area contributed by atoms with Crippen molar-refractivity contribution in [2.24, 2.45) is 5.73 Å². The normalized spacial score (nSPS) is 12.4. The number of aromatic nitrogens is 1. The first kappa shape index (κ1) is 14.9. The average Bonchev–Trinajstić information content (AvgIpc) is 2.36. The van der Waals surface area contributed by atoms with E-state index in [4.69, 9.17) is 5.73 Å². The van der Waals surface area contributed by atoms with Gasteiger partial charge in [0.1, 0.15) is 16.7 Å². The first-order chi connectivity index (χ1) is 9.45. The Morgan fingerprint density at radius 3 is 2.70 bits per heavy atom. The SMILES string of the molecule is Cc1cc(CC(C)N)cnc1Sc1cc(F)ccc1F. The summed E-state index contributed by atoms with van der Waals surface area (Å²) in [5.41, 5.74) is 7.72. The molecule has 0 aliphatic rings. The van der Waals surface area contributed by atoms with Crippen LogP contribution in [0.15, 0.2) is 40.4 Å². The van der Waals surface area contributed by atoms with Crippen LogP contribution in [-0.2, 0) is 6.42 Å². The van der Waals surface area contributed by atoms with Crippen LogP contribution in [0.3, 0.4) is 0 Å². The molecule has 5 heteroatoms. The number of pyridine rings is 1. The average molecular weight is 294 g/mol. The van der Waals surface area contributed by atoms with Crippen LogP contribution in [0, 0.1) is 18.6 Å². The first-order valence-electron chi connectivity index (χ1n) is 6.29. The lowest BCUT2D eigenvalue weighted by Gasteiger charge is -2.09. The zero-order valence-corrected chi connectivity index (χ0v) is 12.2. The number of rotatable bonds is 4. The molecule has 0 saturated heterocycles. The molecule has 2 nitrogen and oxygen atoms in total. The number of aryl methyl sites for hydroxylation is 1. The lowest BCUT2D eigenvalue weighted by Crippen LogP contribution is -2.17. The van der Waals surface area contributed by atoms with Crippen molar-refractivity contribution < 1.29 is 8.78 Å². The van der Waals surface area contributed by atoms with Crippen molar-refractivity contribution in [2.45, 2.75) is 36.2 Å². The summed E-state index contributed by atoms with van der Waals surface area (Å²) in [4.78, 5) is 4.55. The molecular formula is C15H16F2N2S. The fourth-order valence-corrected chi connectivity index (χ4v) is 2.74. The molecule has 0 spiro atoms. The van der Waals surface area contributed by atoms with Gasteiger partial charge >= 0.3 is 0 Å². The number of nitrogens with two attached hydrogens (primary N) is 1. The molecule has 1 heterocycles. The van der Waals surface area contributed by atoms with Crippen molar-refractivity contribution in [3.63, 3.8) is 0 Å². The molecule has 20 heavy (non-hydrogen) atoms. The van der Waals surface area contributed by atoms with Crippen LogP contribution in [0.1, 0.15) is 18.1 Å². The summed E-state index contributed by atoms with van der Waals surface area (Å²) in [6.45, 7) is 3.83. The fourth-order valence-electron chi connectivity index (χ4n) is 1.87. The van der Waals surface area contributed by atoms with Gasteiger partial charge in [-0.3, -0.25) is 0 Å². The van der Waals surface area contributed by atoms with Crippen molar-refractivity contribution in [1.82, 2.24) is 4.98 Å². The molecule has 1 atom stereocenters. The van der Waals surface area contributed by atoms with E-state index in [1.54, 1.807) is 6.20 Å². The van der Waals surface area contributed by atoms with E-state index in [9.17, 15) is 8.78 Å². The zero-order chi connectivity index (χ0) is 14.7. The van der Waals surface area contributed by atoms with Gasteiger partial charge in [-0.1, -0.05) is 17.8 Å². The molecular weight excluding hydrogens is 278 g/mol. The molecule has 2 N–H and O–H groups in total. The van der Waals surface area contributed by atoms with Gasteiger partial charge in [-0.05, 0) is 49.6 Å². The summed E-state index contributed by atoms with van der Waals surface area (Å²) in [6, 6.07) is 5.45. The van der Waals surface area contributed by atoms with Gasteiger partial charge in [-0.2, -0.15) is 0 Å². The molecule has 0 aliphatic carbocycles. The highest BCUT2D eigenvalue weighted by atomic mass is 32.2. The largest absolute Gasteiger partial charge is 0.328 e. The molecule has 2 aromatic rings. The van der Waals surface area contributed by atoms with Gasteiger partial charge in [-0.15, -0.1) is 0 Å². The van der Waals surface area contributed by atoms with Crippen LogP contribution in [0.4, 0.5) is 8.78 Å². The Hall–Kier alpha value is -1.46. The van der Waals surface area contributed by atoms with E-state index in [0.29, 0.717) is 5.03 Å². The molecule has 1 aromatic heterocycles. The van der Waals surface area contributed by atoms with E-state index >= 15 is 0 Å². The van der Waals surface area contributed by atoms with Gasteiger partial charge in [0.25, 0.3) is 0 Å². The van der Waals surface area contributed by atoms with Crippen LogP contribution in [0.2, 0.25) is 0 Å². The second kappa shape index (κ2) is 6.33. The number of hydrogen-bond acceptors (Lipinski definition) is 3. The van der Waals surface area contributed by atoms with Crippen LogP contribution < -0.4 is 5.73 Å². The third-order valence-electron chi connectivity index (χ3n) is 2.74. The Kier molecular flexibility index (Phi) is 4.73. The van der Waals surface area contributed by atoms with Crippen molar-refractivity contribution in [2.75, 3.05) is 0 Å². The molecule has 0 amide bonds. The Morgan fingerprint density at radius 2 is 2.05 bits per heavy atom. The van der Waals surface area contributed by atoms with Crippen molar-refractivity contribution in [1.29, 1.82) is 0 Å². The standard InChI is InChI=1S/C15H16F2N2S/c1-9-5-11(6-10(2)18)8-19-15(9)20-14-7-12(16)3-4-13(14)17/h3-5,7-8,10H,6,18H2,1-2H3. The first-order valence-corrected chi connectivity index (χ1v) is 7.11. The monoisotopic (exact) mass is 294 g/mol.